The molecule has 8 nitrogen and oxygen atoms in total. The number of aromatic nitrogens is 1. The molecule has 2 aromatic carbocycles. The minimum Gasteiger partial charge on any atom is -0.496 e. The fourth-order valence-electron chi connectivity index (χ4n) is 2.65. The molecule has 3 rings (SSSR count). The van der Waals surface area contributed by atoms with Crippen LogP contribution >= 0.6 is 22.9 Å². The number of nitrogens with one attached hydrogen (secondary N) is 2. The second kappa shape index (κ2) is 9.90. The van der Waals surface area contributed by atoms with E-state index in [9.17, 15) is 18.0 Å². The fraction of sp³-hybridized carbons (Fsp3) is 0.150. The van der Waals surface area contributed by atoms with Gasteiger partial charge in [-0.1, -0.05) is 11.6 Å². The van der Waals surface area contributed by atoms with Crippen molar-refractivity contribution in [2.75, 3.05) is 17.1 Å². The molecule has 0 fully saturated rings. The van der Waals surface area contributed by atoms with Crippen LogP contribution in [0.2, 0.25) is 5.02 Å². The Labute approximate surface area is 188 Å². The molecule has 0 spiro atoms. The van der Waals surface area contributed by atoms with Crippen LogP contribution < -0.4 is 14.8 Å². The highest BCUT2D eigenvalue weighted by Crippen LogP contribution is 2.24. The lowest BCUT2D eigenvalue weighted by Crippen LogP contribution is -2.15. The molecule has 0 atom stereocenters. The Morgan fingerprint density at radius 2 is 1.87 bits per heavy atom. The lowest BCUT2D eigenvalue weighted by Gasteiger charge is -2.09. The number of sulfonamides is 1. The number of hydrogen-bond donors (Lipinski definition) is 2. The lowest BCUT2D eigenvalue weighted by atomic mass is 10.1. The van der Waals surface area contributed by atoms with Gasteiger partial charge < -0.3 is 10.1 Å². The number of halogens is 1. The van der Waals surface area contributed by atoms with Crippen LogP contribution in [0.3, 0.4) is 0 Å². The number of methoxy groups -OCH3 is 1. The van der Waals surface area contributed by atoms with E-state index < -0.39 is 10.0 Å². The molecule has 31 heavy (non-hydrogen) atoms. The highest BCUT2D eigenvalue weighted by atomic mass is 35.5. The van der Waals surface area contributed by atoms with Crippen molar-refractivity contribution in [2.24, 2.45) is 0 Å². The number of nitrogens with zero attached hydrogens (tertiary/aromatic N) is 1. The molecule has 0 bridgehead atoms. The summed E-state index contributed by atoms with van der Waals surface area (Å²) in [4.78, 5) is 28.5. The van der Waals surface area contributed by atoms with E-state index in [0.29, 0.717) is 22.0 Å². The minimum absolute atomic E-state index is 0.0314. The maximum atomic E-state index is 12.4. The van der Waals surface area contributed by atoms with Crippen molar-refractivity contribution in [3.05, 3.63) is 64.6 Å². The Morgan fingerprint density at radius 3 is 2.52 bits per heavy atom. The molecule has 0 aliphatic heterocycles. The first-order valence-electron chi connectivity index (χ1n) is 8.97. The summed E-state index contributed by atoms with van der Waals surface area (Å²) in [5.41, 5.74) is 0.719. The summed E-state index contributed by atoms with van der Waals surface area (Å²) in [7, 11) is -2.33. The molecule has 2 N–H and O–H groups in total. The SMILES string of the molecule is COc1ccc(Cl)cc1C(=O)CCC(=O)Nc1ccc(S(=O)(=O)Nc2nccs2)cc1. The number of rotatable bonds is 9. The summed E-state index contributed by atoms with van der Waals surface area (Å²) in [5, 5.41) is 4.95. The first kappa shape index (κ1) is 22.7. The van der Waals surface area contributed by atoms with E-state index in [4.69, 9.17) is 16.3 Å². The normalized spacial score (nSPS) is 11.0. The largest absolute Gasteiger partial charge is 0.496 e. The lowest BCUT2D eigenvalue weighted by molar-refractivity contribution is -0.116. The summed E-state index contributed by atoms with van der Waals surface area (Å²) >= 11 is 7.10. The molecule has 0 saturated carbocycles. The van der Waals surface area contributed by atoms with Crippen LogP contribution in [0.1, 0.15) is 23.2 Å². The highest BCUT2D eigenvalue weighted by Gasteiger charge is 2.17. The van der Waals surface area contributed by atoms with E-state index in [1.165, 1.54) is 43.6 Å². The fourth-order valence-corrected chi connectivity index (χ4v) is 4.61. The smallest absolute Gasteiger partial charge is 0.263 e. The van der Waals surface area contributed by atoms with Gasteiger partial charge in [0, 0.05) is 35.1 Å². The van der Waals surface area contributed by atoms with E-state index in [0.717, 1.165) is 11.3 Å². The number of amides is 1. The predicted molar refractivity (Wildman–Crippen MR) is 120 cm³/mol. The molecule has 0 saturated heterocycles. The van der Waals surface area contributed by atoms with Crippen LogP contribution in [0.15, 0.2) is 58.9 Å². The molecule has 0 aliphatic carbocycles. The highest BCUT2D eigenvalue weighted by molar-refractivity contribution is 7.93. The zero-order chi connectivity index (χ0) is 22.4. The number of carbonyl (C=O) groups excluding carboxylic acids is 2. The number of ether oxygens (including phenoxy) is 1. The number of benzene rings is 2. The Kier molecular flexibility index (Phi) is 7.26. The van der Waals surface area contributed by atoms with Gasteiger partial charge in [-0.05, 0) is 42.5 Å². The summed E-state index contributed by atoms with van der Waals surface area (Å²) in [6.07, 6.45) is 1.40. The number of ketones is 1. The number of thiazole rings is 1. The van der Waals surface area contributed by atoms with Gasteiger partial charge in [0.1, 0.15) is 5.75 Å². The summed E-state index contributed by atoms with van der Waals surface area (Å²) < 4.78 is 32.2. The van der Waals surface area contributed by atoms with Crippen molar-refractivity contribution < 1.29 is 22.7 Å². The Balaban J connectivity index is 1.57. The minimum atomic E-state index is -3.77. The van der Waals surface area contributed by atoms with Crippen LogP contribution in [0.25, 0.3) is 0 Å². The Bertz CT molecular complexity index is 1180. The Hall–Kier alpha value is -2.95. The molecule has 3 aromatic rings. The van der Waals surface area contributed by atoms with Crippen LogP contribution in [-0.2, 0) is 14.8 Å². The summed E-state index contributed by atoms with van der Waals surface area (Å²) in [6.45, 7) is 0. The molecule has 0 radical (unpaired) electrons. The van der Waals surface area contributed by atoms with Gasteiger partial charge in [0.25, 0.3) is 10.0 Å². The third-order valence-corrected chi connectivity index (χ3v) is 6.55. The van der Waals surface area contributed by atoms with Gasteiger partial charge in [0.15, 0.2) is 10.9 Å². The number of carbonyl (C=O) groups is 2. The van der Waals surface area contributed by atoms with Crippen molar-refractivity contribution in [3.63, 3.8) is 0 Å². The van der Waals surface area contributed by atoms with Crippen LogP contribution in [-0.4, -0.2) is 32.2 Å². The molecule has 0 aliphatic rings. The quantitative estimate of drug-likeness (QED) is 0.444. The zero-order valence-corrected chi connectivity index (χ0v) is 18.7. The van der Waals surface area contributed by atoms with Crippen molar-refractivity contribution in [2.45, 2.75) is 17.7 Å². The standard InChI is InChI=1S/C20H18ClN3O5S2/c1-29-18-8-2-13(21)12-16(18)17(25)7-9-19(26)23-14-3-5-15(6-4-14)31(27,28)24-20-22-10-11-30-20/h2-6,8,10-12H,7,9H2,1H3,(H,22,24)(H,23,26). The average molecular weight is 480 g/mol. The predicted octanol–water partition coefficient (Wildman–Crippen LogP) is 4.21. The van der Waals surface area contributed by atoms with Gasteiger partial charge >= 0.3 is 0 Å². The van der Waals surface area contributed by atoms with E-state index in [-0.39, 0.29) is 34.6 Å². The first-order valence-corrected chi connectivity index (χ1v) is 11.7. The number of Topliss-reactive ketones (excluding diaryl/α,β-unsaturated/α-hetero) is 1. The third kappa shape index (κ3) is 6.03. The monoisotopic (exact) mass is 479 g/mol. The van der Waals surface area contributed by atoms with Gasteiger partial charge in [0.2, 0.25) is 5.91 Å². The van der Waals surface area contributed by atoms with Crippen LogP contribution in [0.4, 0.5) is 10.8 Å². The van der Waals surface area contributed by atoms with E-state index in [1.54, 1.807) is 17.5 Å². The van der Waals surface area contributed by atoms with E-state index in [1.807, 2.05) is 0 Å². The average Bonchev–Trinajstić information content (AvgIpc) is 3.24. The first-order chi connectivity index (χ1) is 14.8. The topological polar surface area (TPSA) is 114 Å². The van der Waals surface area contributed by atoms with Crippen molar-refractivity contribution in [3.8, 4) is 5.75 Å². The maximum Gasteiger partial charge on any atom is 0.263 e. The molecule has 0 unspecified atom stereocenters. The second-order valence-corrected chi connectivity index (χ2v) is 9.30. The molecular weight excluding hydrogens is 462 g/mol. The molecule has 1 heterocycles. The zero-order valence-electron chi connectivity index (χ0n) is 16.3. The van der Waals surface area contributed by atoms with Gasteiger partial charge in [-0.3, -0.25) is 14.3 Å². The molecule has 11 heteroatoms. The molecule has 1 amide bonds. The van der Waals surface area contributed by atoms with Crippen molar-refractivity contribution in [1.82, 2.24) is 4.98 Å². The molecule has 162 valence electrons. The summed E-state index contributed by atoms with van der Waals surface area (Å²) in [6, 6.07) is 10.4. The summed E-state index contributed by atoms with van der Waals surface area (Å²) in [5.74, 6) is -0.270. The molecular formula is C20H18ClN3O5S2. The number of anilines is 2. The van der Waals surface area contributed by atoms with Gasteiger partial charge in [0.05, 0.1) is 17.6 Å². The molecule has 1 aromatic heterocycles. The van der Waals surface area contributed by atoms with Crippen LogP contribution in [0, 0.1) is 0 Å². The second-order valence-electron chi connectivity index (χ2n) is 6.28. The van der Waals surface area contributed by atoms with E-state index in [2.05, 4.69) is 15.0 Å². The third-order valence-electron chi connectivity index (χ3n) is 4.14. The van der Waals surface area contributed by atoms with Gasteiger partial charge in [-0.15, -0.1) is 11.3 Å². The number of hydrogen-bond acceptors (Lipinski definition) is 7. The van der Waals surface area contributed by atoms with Gasteiger partial charge in [-0.2, -0.15) is 0 Å². The van der Waals surface area contributed by atoms with E-state index >= 15 is 0 Å². The Morgan fingerprint density at radius 1 is 1.13 bits per heavy atom. The van der Waals surface area contributed by atoms with Crippen LogP contribution in [0.5, 0.6) is 5.75 Å². The maximum absolute atomic E-state index is 12.4. The van der Waals surface area contributed by atoms with Crippen molar-refractivity contribution in [1.29, 1.82) is 0 Å². The van der Waals surface area contributed by atoms with Gasteiger partial charge in [-0.25, -0.2) is 13.4 Å². The van der Waals surface area contributed by atoms with Crippen molar-refractivity contribution >= 4 is 55.5 Å².